The second-order valence-electron chi connectivity index (χ2n) is 11.0. The van der Waals surface area contributed by atoms with Crippen molar-refractivity contribution < 1.29 is 19.8 Å². The largest absolute Gasteiger partial charge is 2.00 e. The summed E-state index contributed by atoms with van der Waals surface area (Å²) in [5.41, 5.74) is 0. The molecule has 0 N–H and O–H groups in total. The molecule has 5 heteroatoms. The van der Waals surface area contributed by atoms with Crippen LogP contribution in [0, 0.1) is 23.7 Å². The van der Waals surface area contributed by atoms with Crippen molar-refractivity contribution in [2.75, 3.05) is 0 Å². The fraction of sp³-hybridized carbons (Fsp3) is 0.833. The molecule has 0 bridgehead atoms. The van der Waals surface area contributed by atoms with Gasteiger partial charge in [0, 0.05) is 37.6 Å². The number of hydrogen-bond acceptors (Lipinski definition) is 4. The third-order valence-corrected chi connectivity index (χ3v) is 6.93. The Morgan fingerprint density at radius 2 is 0.610 bits per heavy atom. The molecule has 0 saturated heterocycles. The zero-order valence-corrected chi connectivity index (χ0v) is 28.6. The molecule has 0 aromatic rings. The average Bonchev–Trinajstić information content (AvgIpc) is 2.93. The monoisotopic (exact) mass is 582 g/mol. The zero-order chi connectivity index (χ0) is 29.8. The topological polar surface area (TPSA) is 80.3 Å². The summed E-state index contributed by atoms with van der Waals surface area (Å²) in [6, 6.07) is 0. The Labute approximate surface area is 271 Å². The van der Waals surface area contributed by atoms with Gasteiger partial charge in [0.25, 0.3) is 0 Å². The van der Waals surface area contributed by atoms with Crippen LogP contribution in [-0.4, -0.2) is 35.0 Å². The number of carbonyl (C=O) groups is 2. The smallest absolute Gasteiger partial charge is 0.550 e. The maximum absolute atomic E-state index is 10.2. The van der Waals surface area contributed by atoms with Crippen LogP contribution in [0.5, 0.6) is 0 Å². The molecule has 0 radical (unpaired) electrons. The van der Waals surface area contributed by atoms with Crippen LogP contribution in [0.1, 0.15) is 194 Å². The van der Waals surface area contributed by atoms with Gasteiger partial charge in [0.2, 0.25) is 0 Å². The Balaban J connectivity index is -0.000000688. The fourth-order valence-corrected chi connectivity index (χ4v) is 4.37. The van der Waals surface area contributed by atoms with Gasteiger partial charge in [0.1, 0.15) is 0 Å². The summed E-state index contributed by atoms with van der Waals surface area (Å²) in [6.07, 6.45) is 30.9. The molecule has 0 aromatic heterocycles. The van der Waals surface area contributed by atoms with E-state index in [2.05, 4.69) is 37.5 Å². The molecule has 0 saturated carbocycles. The van der Waals surface area contributed by atoms with Crippen LogP contribution in [0.3, 0.4) is 0 Å². The van der Waals surface area contributed by atoms with Gasteiger partial charge in [-0.05, 0) is 51.4 Å². The molecule has 41 heavy (non-hydrogen) atoms. The molecule has 0 heterocycles. The minimum absolute atomic E-state index is 0. The Morgan fingerprint density at radius 1 is 0.390 bits per heavy atom. The van der Waals surface area contributed by atoms with Gasteiger partial charge in [-0.25, -0.2) is 0 Å². The van der Waals surface area contributed by atoms with Crippen molar-refractivity contribution in [2.45, 2.75) is 194 Å². The predicted molar refractivity (Wildman–Crippen MR) is 172 cm³/mol. The van der Waals surface area contributed by atoms with Crippen LogP contribution in [0.25, 0.3) is 0 Å². The van der Waals surface area contributed by atoms with Crippen molar-refractivity contribution in [2.24, 2.45) is 0 Å². The fourth-order valence-electron chi connectivity index (χ4n) is 4.37. The van der Waals surface area contributed by atoms with E-state index in [1.807, 2.05) is 0 Å². The van der Waals surface area contributed by atoms with E-state index >= 15 is 0 Å². The van der Waals surface area contributed by atoms with Crippen LogP contribution >= 0.6 is 0 Å². The number of carboxylic acid groups (broad SMARTS) is 2. The summed E-state index contributed by atoms with van der Waals surface area (Å²) in [7, 11) is 0. The van der Waals surface area contributed by atoms with Gasteiger partial charge < -0.3 is 19.8 Å². The predicted octanol–water partition coefficient (Wildman–Crippen LogP) is 8.06. The summed E-state index contributed by atoms with van der Waals surface area (Å²) in [5.74, 6) is 11.1. The molecule has 0 spiro atoms. The maximum Gasteiger partial charge on any atom is 2.00 e. The van der Waals surface area contributed by atoms with Gasteiger partial charge >= 0.3 is 23.1 Å². The van der Waals surface area contributed by atoms with Gasteiger partial charge in [-0.1, -0.05) is 117 Å². The Morgan fingerprint density at radius 3 is 0.854 bits per heavy atom. The van der Waals surface area contributed by atoms with Crippen LogP contribution < -0.4 is 10.2 Å². The zero-order valence-electron chi connectivity index (χ0n) is 27.1. The van der Waals surface area contributed by atoms with Gasteiger partial charge in [-0.2, -0.15) is 0 Å². The summed E-state index contributed by atoms with van der Waals surface area (Å²) >= 11 is 0. The van der Waals surface area contributed by atoms with E-state index in [1.54, 1.807) is 0 Å². The molecule has 0 aromatic carbocycles. The second-order valence-corrected chi connectivity index (χ2v) is 11.0. The summed E-state index contributed by atoms with van der Waals surface area (Å²) in [5, 5.41) is 20.4. The Kier molecular flexibility index (Phi) is 44.2. The Bertz CT molecular complexity index is 611. The summed E-state index contributed by atoms with van der Waals surface area (Å²) in [6.45, 7) is 4.49. The first-order valence-corrected chi connectivity index (χ1v) is 16.9. The third-order valence-electron chi connectivity index (χ3n) is 6.93. The number of carboxylic acids is 2. The minimum atomic E-state index is -0.925. The van der Waals surface area contributed by atoms with Crippen LogP contribution in [0.2, 0.25) is 0 Å². The molecule has 0 amide bonds. The molecule has 0 aliphatic rings. The molecule has 232 valence electrons. The first-order valence-electron chi connectivity index (χ1n) is 16.9. The van der Waals surface area contributed by atoms with E-state index in [0.717, 1.165) is 77.0 Å². The van der Waals surface area contributed by atoms with Crippen LogP contribution in [-0.2, 0) is 9.59 Å². The van der Waals surface area contributed by atoms with Crippen LogP contribution in [0.15, 0.2) is 0 Å². The van der Waals surface area contributed by atoms with Gasteiger partial charge in [0.05, 0.1) is 0 Å². The number of rotatable bonds is 26. The van der Waals surface area contributed by atoms with Gasteiger partial charge in [-0.3, -0.25) is 0 Å². The first-order chi connectivity index (χ1) is 19.5. The normalized spacial score (nSPS) is 9.80. The Hall–Kier alpha value is -1.17. The van der Waals surface area contributed by atoms with E-state index in [0.29, 0.717) is 0 Å². The standard InChI is InChI=1S/2C18H32O2.Mg/c2*1-2-3-4-5-6-7-8-9-10-11-12-13-14-15-16-17-18(19)20;/h2*2-8,11-17H2,1H3,(H,19,20);/q;;+2/p-2. The molecule has 0 fully saturated rings. The SMILES string of the molecule is CCCCCCCCC#CCCCCCCCC(=O)[O-].CCCCCCCCC#CCCCCCCCC(=O)[O-].[Mg+2]. The average molecular weight is 583 g/mol. The van der Waals surface area contributed by atoms with Crippen molar-refractivity contribution in [3.8, 4) is 23.7 Å². The molecule has 0 aliphatic heterocycles. The van der Waals surface area contributed by atoms with Crippen LogP contribution in [0.4, 0.5) is 0 Å². The molecular formula is C36H62MgO4. The van der Waals surface area contributed by atoms with E-state index < -0.39 is 11.9 Å². The van der Waals surface area contributed by atoms with E-state index in [-0.39, 0.29) is 35.9 Å². The third kappa shape index (κ3) is 48.9. The second kappa shape index (κ2) is 41.0. The number of hydrogen-bond donors (Lipinski definition) is 0. The molecule has 0 atom stereocenters. The van der Waals surface area contributed by atoms with Crippen molar-refractivity contribution in [3.05, 3.63) is 0 Å². The van der Waals surface area contributed by atoms with E-state index in [1.165, 1.54) is 89.9 Å². The van der Waals surface area contributed by atoms with Crippen molar-refractivity contribution >= 4 is 35.0 Å². The molecular weight excluding hydrogens is 521 g/mol. The number of aliphatic carboxylic acids is 2. The maximum atomic E-state index is 10.2. The molecule has 0 aliphatic carbocycles. The van der Waals surface area contributed by atoms with Crippen molar-refractivity contribution in [3.63, 3.8) is 0 Å². The van der Waals surface area contributed by atoms with Gasteiger partial charge in [0.15, 0.2) is 0 Å². The quantitative estimate of drug-likeness (QED) is 0.0587. The summed E-state index contributed by atoms with van der Waals surface area (Å²) in [4.78, 5) is 20.4. The first kappa shape index (κ1) is 44.3. The summed E-state index contributed by atoms with van der Waals surface area (Å²) < 4.78 is 0. The number of carbonyl (C=O) groups excluding carboxylic acids is 2. The minimum Gasteiger partial charge on any atom is -0.550 e. The van der Waals surface area contributed by atoms with E-state index in [9.17, 15) is 19.8 Å². The number of unbranched alkanes of at least 4 members (excludes halogenated alkanes) is 22. The van der Waals surface area contributed by atoms with E-state index in [4.69, 9.17) is 0 Å². The molecule has 0 rings (SSSR count). The van der Waals surface area contributed by atoms with Crippen molar-refractivity contribution in [1.82, 2.24) is 0 Å². The van der Waals surface area contributed by atoms with Gasteiger partial charge in [-0.15, -0.1) is 23.7 Å². The molecule has 4 nitrogen and oxygen atoms in total. The molecule has 0 unspecified atom stereocenters. The van der Waals surface area contributed by atoms with Crippen molar-refractivity contribution in [1.29, 1.82) is 0 Å².